The molecule has 0 amide bonds. The summed E-state index contributed by atoms with van der Waals surface area (Å²) < 4.78 is 5.61. The highest BCUT2D eigenvalue weighted by Gasteiger charge is 2.05. The Hall–Kier alpha value is -2.29. The third-order valence-corrected chi connectivity index (χ3v) is 4.22. The average molecular weight is 479 g/mol. The summed E-state index contributed by atoms with van der Waals surface area (Å²) in [5.41, 5.74) is 3.80. The quantitative estimate of drug-likeness (QED) is 0.211. The second-order valence-corrected chi connectivity index (χ2v) is 6.02. The number of ether oxygens (including phenoxy) is 1. The molecule has 27 heavy (non-hydrogen) atoms. The van der Waals surface area contributed by atoms with E-state index in [0.29, 0.717) is 13.2 Å². The molecule has 0 radical (unpaired) electrons. The first-order valence-corrected chi connectivity index (χ1v) is 8.81. The molecule has 0 aliphatic carbocycles. The topological polar surface area (TPSA) is 74.3 Å². The van der Waals surface area contributed by atoms with Gasteiger partial charge in [-0.2, -0.15) is 0 Å². The number of aromatic nitrogens is 2. The number of hydrogen-bond donors (Lipinski definition) is 3. The Morgan fingerprint density at radius 2 is 2.04 bits per heavy atom. The Morgan fingerprint density at radius 1 is 1.19 bits per heavy atom. The van der Waals surface area contributed by atoms with E-state index in [1.807, 2.05) is 12.1 Å². The number of aliphatic imine (C=N–C) groups is 1. The summed E-state index contributed by atoms with van der Waals surface area (Å²) in [6, 6.07) is 10.1. The molecular weight excluding hydrogens is 453 g/mol. The summed E-state index contributed by atoms with van der Waals surface area (Å²) in [5.74, 6) is 1.54. The van der Waals surface area contributed by atoms with Crippen molar-refractivity contribution in [2.24, 2.45) is 4.99 Å². The number of benzene rings is 1. The lowest BCUT2D eigenvalue weighted by Gasteiger charge is -2.12. The van der Waals surface area contributed by atoms with Gasteiger partial charge in [0.15, 0.2) is 5.96 Å². The Kier molecular flexibility index (Phi) is 8.38. The predicted octanol–water partition coefficient (Wildman–Crippen LogP) is 3.28. The monoisotopic (exact) mass is 479 g/mol. The van der Waals surface area contributed by atoms with Gasteiger partial charge in [0.05, 0.1) is 12.7 Å². The van der Waals surface area contributed by atoms with Crippen LogP contribution in [0.15, 0.2) is 53.9 Å². The Morgan fingerprint density at radius 3 is 2.81 bits per heavy atom. The molecule has 0 bridgehead atoms. The van der Waals surface area contributed by atoms with Gasteiger partial charge in [-0.05, 0) is 36.6 Å². The third kappa shape index (κ3) is 5.85. The van der Waals surface area contributed by atoms with E-state index >= 15 is 0 Å². The SMILES string of the molecule is CN=C(NCCOc1cccnc1)NCCc1c[nH]c2c(C)cccc12.I. The molecule has 0 spiro atoms. The van der Waals surface area contributed by atoms with Crippen LogP contribution < -0.4 is 15.4 Å². The second-order valence-electron chi connectivity index (χ2n) is 6.02. The molecule has 3 N–H and O–H groups in total. The second kappa shape index (κ2) is 10.8. The van der Waals surface area contributed by atoms with Crippen molar-refractivity contribution in [1.82, 2.24) is 20.6 Å². The van der Waals surface area contributed by atoms with Crippen LogP contribution in [-0.2, 0) is 6.42 Å². The van der Waals surface area contributed by atoms with Crippen LogP contribution in [0, 0.1) is 6.92 Å². The van der Waals surface area contributed by atoms with Crippen LogP contribution in [0.2, 0.25) is 0 Å². The van der Waals surface area contributed by atoms with E-state index in [0.717, 1.165) is 24.7 Å². The fourth-order valence-corrected chi connectivity index (χ4v) is 2.88. The molecule has 0 aliphatic rings. The van der Waals surface area contributed by atoms with Gasteiger partial charge in [0.2, 0.25) is 0 Å². The maximum Gasteiger partial charge on any atom is 0.191 e. The first kappa shape index (κ1) is 21.0. The molecule has 2 heterocycles. The molecule has 0 atom stereocenters. The molecule has 0 saturated heterocycles. The van der Waals surface area contributed by atoms with Gasteiger partial charge in [0, 0.05) is 36.9 Å². The molecule has 0 fully saturated rings. The van der Waals surface area contributed by atoms with Crippen LogP contribution in [0.5, 0.6) is 5.75 Å². The zero-order valence-corrected chi connectivity index (χ0v) is 18.0. The van der Waals surface area contributed by atoms with Crippen LogP contribution in [0.3, 0.4) is 0 Å². The minimum atomic E-state index is 0. The lowest BCUT2D eigenvalue weighted by atomic mass is 10.1. The Labute approximate surface area is 176 Å². The van der Waals surface area contributed by atoms with Gasteiger partial charge in [-0.25, -0.2) is 0 Å². The molecule has 3 aromatic rings. The highest BCUT2D eigenvalue weighted by atomic mass is 127. The lowest BCUT2D eigenvalue weighted by Crippen LogP contribution is -2.40. The molecule has 0 saturated carbocycles. The van der Waals surface area contributed by atoms with Crippen molar-refractivity contribution in [3.8, 4) is 5.75 Å². The number of pyridine rings is 1. The van der Waals surface area contributed by atoms with E-state index < -0.39 is 0 Å². The molecule has 0 unspecified atom stereocenters. The number of para-hydroxylation sites is 1. The summed E-state index contributed by atoms with van der Waals surface area (Å²) in [6.45, 7) is 4.15. The number of aromatic amines is 1. The number of nitrogens with one attached hydrogen (secondary N) is 3. The van der Waals surface area contributed by atoms with Gasteiger partial charge in [-0.3, -0.25) is 9.98 Å². The van der Waals surface area contributed by atoms with E-state index in [1.165, 1.54) is 22.0 Å². The fraction of sp³-hybridized carbons (Fsp3) is 0.300. The first-order valence-electron chi connectivity index (χ1n) is 8.81. The standard InChI is InChI=1S/C20H25N5O.HI/c1-15-5-3-7-18-16(13-25-19(15)18)8-10-23-20(21-2)24-11-12-26-17-6-4-9-22-14-17;/h3-7,9,13-14,25H,8,10-12H2,1-2H3,(H2,21,23,24);1H. The highest BCUT2D eigenvalue weighted by Crippen LogP contribution is 2.21. The summed E-state index contributed by atoms with van der Waals surface area (Å²) in [6.07, 6.45) is 6.45. The molecule has 6 nitrogen and oxygen atoms in total. The van der Waals surface area contributed by atoms with Crippen molar-refractivity contribution in [2.45, 2.75) is 13.3 Å². The summed E-state index contributed by atoms with van der Waals surface area (Å²) in [5, 5.41) is 7.89. The van der Waals surface area contributed by atoms with E-state index in [2.05, 4.69) is 56.9 Å². The van der Waals surface area contributed by atoms with Crippen molar-refractivity contribution in [3.63, 3.8) is 0 Å². The molecule has 144 valence electrons. The highest BCUT2D eigenvalue weighted by molar-refractivity contribution is 14.0. The number of rotatable bonds is 7. The number of halogens is 1. The van der Waals surface area contributed by atoms with Crippen LogP contribution in [0.25, 0.3) is 10.9 Å². The van der Waals surface area contributed by atoms with Crippen molar-refractivity contribution in [1.29, 1.82) is 0 Å². The number of nitrogens with zero attached hydrogens (tertiary/aromatic N) is 2. The number of H-pyrrole nitrogens is 1. The smallest absolute Gasteiger partial charge is 0.191 e. The van der Waals surface area contributed by atoms with E-state index in [-0.39, 0.29) is 24.0 Å². The third-order valence-electron chi connectivity index (χ3n) is 4.22. The fourth-order valence-electron chi connectivity index (χ4n) is 2.88. The number of guanidine groups is 1. The number of aryl methyl sites for hydroxylation is 1. The average Bonchev–Trinajstić information content (AvgIpc) is 3.09. The normalized spacial score (nSPS) is 11.1. The van der Waals surface area contributed by atoms with Crippen LogP contribution in [0.1, 0.15) is 11.1 Å². The van der Waals surface area contributed by atoms with Gasteiger partial charge >= 0.3 is 0 Å². The molecule has 0 aliphatic heterocycles. The maximum atomic E-state index is 5.61. The summed E-state index contributed by atoms with van der Waals surface area (Å²) in [7, 11) is 1.77. The van der Waals surface area contributed by atoms with Gasteiger partial charge in [-0.15, -0.1) is 24.0 Å². The first-order chi connectivity index (χ1) is 12.8. The van der Waals surface area contributed by atoms with Crippen LogP contribution >= 0.6 is 24.0 Å². The molecule has 7 heteroatoms. The summed E-state index contributed by atoms with van der Waals surface area (Å²) in [4.78, 5) is 11.6. The lowest BCUT2D eigenvalue weighted by molar-refractivity contribution is 0.320. The molecule has 2 aromatic heterocycles. The van der Waals surface area contributed by atoms with Crippen molar-refractivity contribution in [3.05, 3.63) is 60.0 Å². The van der Waals surface area contributed by atoms with E-state index in [1.54, 1.807) is 19.4 Å². The summed E-state index contributed by atoms with van der Waals surface area (Å²) >= 11 is 0. The largest absolute Gasteiger partial charge is 0.490 e. The maximum absolute atomic E-state index is 5.61. The van der Waals surface area contributed by atoms with Gasteiger partial charge in [-0.1, -0.05) is 18.2 Å². The Balaban J connectivity index is 0.00000261. The van der Waals surface area contributed by atoms with Crippen LogP contribution in [-0.4, -0.2) is 42.7 Å². The van der Waals surface area contributed by atoms with Gasteiger partial charge < -0.3 is 20.4 Å². The zero-order chi connectivity index (χ0) is 18.2. The zero-order valence-electron chi connectivity index (χ0n) is 15.7. The van der Waals surface area contributed by atoms with Crippen LogP contribution in [0.4, 0.5) is 0 Å². The minimum absolute atomic E-state index is 0. The molecule has 3 rings (SSSR count). The van der Waals surface area contributed by atoms with Crippen molar-refractivity contribution < 1.29 is 4.74 Å². The predicted molar refractivity (Wildman–Crippen MR) is 121 cm³/mol. The van der Waals surface area contributed by atoms with Gasteiger partial charge in [0.1, 0.15) is 12.4 Å². The van der Waals surface area contributed by atoms with Crippen molar-refractivity contribution in [2.75, 3.05) is 26.7 Å². The Bertz CT molecular complexity index is 863. The molecule has 1 aromatic carbocycles. The van der Waals surface area contributed by atoms with E-state index in [9.17, 15) is 0 Å². The number of hydrogen-bond acceptors (Lipinski definition) is 3. The minimum Gasteiger partial charge on any atom is -0.490 e. The molecular formula is C20H26IN5O. The van der Waals surface area contributed by atoms with E-state index in [4.69, 9.17) is 4.74 Å². The number of fused-ring (bicyclic) bond motifs is 1. The van der Waals surface area contributed by atoms with Gasteiger partial charge in [0.25, 0.3) is 0 Å². The van der Waals surface area contributed by atoms with Crippen molar-refractivity contribution >= 4 is 40.8 Å².